The number of ketones is 1. The van der Waals surface area contributed by atoms with Gasteiger partial charge in [-0.05, 0) is 149 Å². The third-order valence-corrected chi connectivity index (χ3v) is 17.3. The second kappa shape index (κ2) is 13.8. The molecule has 53 heavy (non-hydrogen) atoms. The van der Waals surface area contributed by atoms with Crippen LogP contribution in [0.1, 0.15) is 136 Å². The first-order valence-corrected chi connectivity index (χ1v) is 21.5. The van der Waals surface area contributed by atoms with Crippen LogP contribution in [0.4, 0.5) is 0 Å². The lowest BCUT2D eigenvalue weighted by atomic mass is 9.44. The highest BCUT2D eigenvalue weighted by molar-refractivity contribution is 5.95. The van der Waals surface area contributed by atoms with Gasteiger partial charge in [-0.25, -0.2) is 0 Å². The molecule has 9 heteroatoms. The Morgan fingerprint density at radius 1 is 0.981 bits per heavy atom. The minimum atomic E-state index is -1.53. The van der Waals surface area contributed by atoms with Gasteiger partial charge in [0.1, 0.15) is 5.60 Å². The van der Waals surface area contributed by atoms with Crippen LogP contribution in [0.25, 0.3) is 0 Å². The monoisotopic (exact) mass is 737 g/mol. The van der Waals surface area contributed by atoms with Crippen LogP contribution >= 0.6 is 0 Å². The highest BCUT2D eigenvalue weighted by atomic mass is 16.5. The van der Waals surface area contributed by atoms with Gasteiger partial charge in [-0.2, -0.15) is 0 Å². The van der Waals surface area contributed by atoms with Crippen LogP contribution in [0.2, 0.25) is 0 Å². The third-order valence-electron chi connectivity index (χ3n) is 17.3. The minimum absolute atomic E-state index is 0.0762. The van der Waals surface area contributed by atoms with Gasteiger partial charge >= 0.3 is 0 Å². The van der Waals surface area contributed by atoms with Crippen molar-refractivity contribution in [2.75, 3.05) is 0 Å². The van der Waals surface area contributed by atoms with E-state index < -0.39 is 57.8 Å². The molecule has 1 saturated heterocycles. The molecule has 8 N–H and O–H groups in total. The summed E-state index contributed by atoms with van der Waals surface area (Å²) in [6.45, 7) is 6.20. The van der Waals surface area contributed by atoms with Gasteiger partial charge in [0.15, 0.2) is 5.78 Å². The van der Waals surface area contributed by atoms with E-state index in [4.69, 9.17) is 10.5 Å². The molecular formula is C44H68N2O7. The Balaban J connectivity index is 1.10. The number of hydrogen-bond donors (Lipinski definition) is 7. The van der Waals surface area contributed by atoms with E-state index in [-0.39, 0.29) is 36.3 Å². The molecule has 0 amide bonds. The van der Waals surface area contributed by atoms with Crippen molar-refractivity contribution in [1.82, 2.24) is 5.32 Å². The lowest BCUT2D eigenvalue weighted by molar-refractivity contribution is -0.252. The summed E-state index contributed by atoms with van der Waals surface area (Å²) >= 11 is 0. The number of hydrogen-bond acceptors (Lipinski definition) is 9. The number of nitrogens with two attached hydrogens (primary N) is 1. The summed E-state index contributed by atoms with van der Waals surface area (Å²) in [5.41, 5.74) is 2.08. The molecule has 1 unspecified atom stereocenters. The largest absolute Gasteiger partial charge is 0.390 e. The maximum Gasteiger partial charge on any atom is 0.159 e. The molecule has 0 aromatic rings. The summed E-state index contributed by atoms with van der Waals surface area (Å²) in [6.07, 6.45) is 19.6. The zero-order chi connectivity index (χ0) is 37.6. The fraction of sp³-hybridized carbons (Fsp3) is 0.841. The molecule has 5 saturated carbocycles. The van der Waals surface area contributed by atoms with Crippen LogP contribution in [0, 0.1) is 46.3 Å². The van der Waals surface area contributed by atoms with Gasteiger partial charge in [0, 0.05) is 17.5 Å². The summed E-state index contributed by atoms with van der Waals surface area (Å²) in [5.74, 6) is 0.293. The van der Waals surface area contributed by atoms with E-state index >= 15 is 0 Å². The smallest absolute Gasteiger partial charge is 0.159 e. The van der Waals surface area contributed by atoms with Gasteiger partial charge in [-0.3, -0.25) is 4.79 Å². The molecule has 2 heterocycles. The number of ether oxygens (including phenoxy) is 1. The standard InChI is InChI=1S/C44H68N2O7/c1-4-7-26-9-12-28-29-8-5-6-18-44(52,39(29)53-36(28)13-10-26)41(3,50)37-17-21-43(51)31-22-33(47)32-23-34(48)35(49)24-42(32,30(31)16-19-40(37,43)2)20-15-27-11-14-38(45)46-25-27/h11,14,22,25-26,28-30,32,34-39,46,48-52H,4-10,12-13,15-21,23-24,45H2,1-3H3/t26-,28-,29-,30-,32-,34+,35-,36+,37-,38?,39+,40+,41+,42+,43+,44+/m0/s1. The van der Waals surface area contributed by atoms with Crippen molar-refractivity contribution >= 4 is 5.78 Å². The number of aliphatic hydroxyl groups is 5. The van der Waals surface area contributed by atoms with Crippen LogP contribution in [-0.4, -0.2) is 78.7 Å². The summed E-state index contributed by atoms with van der Waals surface area (Å²) in [5, 5.41) is 64.5. The molecule has 6 fully saturated rings. The third kappa shape index (κ3) is 5.83. The van der Waals surface area contributed by atoms with Crippen molar-refractivity contribution in [2.24, 2.45) is 52.1 Å². The highest BCUT2D eigenvalue weighted by Crippen LogP contribution is 2.70. The first kappa shape index (κ1) is 38.3. The Bertz CT molecular complexity index is 1510. The maximum absolute atomic E-state index is 14.3. The lowest BCUT2D eigenvalue weighted by Crippen LogP contribution is -2.68. The molecule has 0 radical (unpaired) electrons. The summed E-state index contributed by atoms with van der Waals surface area (Å²) < 4.78 is 6.99. The number of aliphatic hydroxyl groups excluding tert-OH is 2. The Labute approximate surface area is 316 Å². The molecule has 0 aromatic carbocycles. The highest BCUT2D eigenvalue weighted by Gasteiger charge is 2.73. The average Bonchev–Trinajstić information content (AvgIpc) is 3.46. The van der Waals surface area contributed by atoms with E-state index in [1.54, 1.807) is 6.08 Å². The Kier molecular flexibility index (Phi) is 9.98. The van der Waals surface area contributed by atoms with Crippen LogP contribution < -0.4 is 11.1 Å². The van der Waals surface area contributed by atoms with Gasteiger partial charge in [0.05, 0.1) is 41.8 Å². The average molecular weight is 737 g/mol. The van der Waals surface area contributed by atoms with Crippen molar-refractivity contribution in [3.05, 3.63) is 35.6 Å². The van der Waals surface area contributed by atoms with E-state index in [1.807, 2.05) is 25.3 Å². The van der Waals surface area contributed by atoms with Gasteiger partial charge in [-0.15, -0.1) is 0 Å². The first-order valence-electron chi connectivity index (χ1n) is 21.5. The molecule has 0 bridgehead atoms. The molecule has 0 spiro atoms. The quantitative estimate of drug-likeness (QED) is 0.183. The molecular weight excluding hydrogens is 668 g/mol. The van der Waals surface area contributed by atoms with Crippen LogP contribution in [0.15, 0.2) is 35.6 Å². The number of fused-ring (bicyclic) bond motifs is 8. The van der Waals surface area contributed by atoms with Crippen LogP contribution in [0.3, 0.4) is 0 Å². The number of dihydropyridines is 1. The zero-order valence-corrected chi connectivity index (χ0v) is 32.5. The maximum atomic E-state index is 14.3. The molecule has 0 aromatic heterocycles. The summed E-state index contributed by atoms with van der Waals surface area (Å²) in [4.78, 5) is 14.3. The molecule has 16 atom stereocenters. The summed E-state index contributed by atoms with van der Waals surface area (Å²) in [6, 6.07) is 0. The fourth-order valence-corrected chi connectivity index (χ4v) is 14.4. The van der Waals surface area contributed by atoms with Gasteiger partial charge in [0.2, 0.25) is 0 Å². The zero-order valence-electron chi connectivity index (χ0n) is 32.5. The SMILES string of the molecule is CCC[C@H]1CC[C@H]2[C@@H]3CCCC[C@](O)([C@](C)(O)[C@H]4CC[C@@]5(O)C6=CC(=O)[C@@H]7C[C@@H](O)[C@@H](O)C[C@]7(CCC7=CNC(N)C=C7)[C@H]6CC[C@]45C)[C@@H]3O[C@@H]2CC1. The van der Waals surface area contributed by atoms with Crippen molar-refractivity contribution in [2.45, 2.75) is 184 Å². The molecule has 296 valence electrons. The number of rotatable bonds is 7. The van der Waals surface area contributed by atoms with E-state index in [0.29, 0.717) is 57.3 Å². The topological polar surface area (TPSA) is 166 Å². The fourth-order valence-electron chi connectivity index (χ4n) is 14.4. The second-order valence-electron chi connectivity index (χ2n) is 19.6. The molecule has 6 aliphatic carbocycles. The Hall–Kier alpha value is -1.59. The summed E-state index contributed by atoms with van der Waals surface area (Å²) in [7, 11) is 0. The Morgan fingerprint density at radius 3 is 2.53 bits per heavy atom. The molecule has 8 rings (SSSR count). The van der Waals surface area contributed by atoms with E-state index in [9.17, 15) is 30.3 Å². The van der Waals surface area contributed by atoms with Crippen molar-refractivity contribution in [3.63, 3.8) is 0 Å². The van der Waals surface area contributed by atoms with Crippen molar-refractivity contribution in [3.8, 4) is 0 Å². The number of carbonyl (C=O) groups is 1. The number of carbonyl (C=O) groups excluding carboxylic acids is 1. The predicted molar refractivity (Wildman–Crippen MR) is 203 cm³/mol. The predicted octanol–water partition coefficient (Wildman–Crippen LogP) is 5.33. The lowest BCUT2D eigenvalue weighted by Gasteiger charge is -2.62. The number of allylic oxidation sites excluding steroid dienone is 3. The van der Waals surface area contributed by atoms with Crippen LogP contribution in [-0.2, 0) is 9.53 Å². The van der Waals surface area contributed by atoms with Crippen molar-refractivity contribution < 1.29 is 35.1 Å². The minimum Gasteiger partial charge on any atom is -0.390 e. The molecule has 8 aliphatic rings. The first-order chi connectivity index (χ1) is 25.2. The molecule has 9 nitrogen and oxygen atoms in total. The second-order valence-corrected chi connectivity index (χ2v) is 19.6. The number of nitrogens with one attached hydrogen (secondary N) is 1. The van der Waals surface area contributed by atoms with Gasteiger partial charge in [0.25, 0.3) is 0 Å². The van der Waals surface area contributed by atoms with Crippen LogP contribution in [0.5, 0.6) is 0 Å². The van der Waals surface area contributed by atoms with Gasteiger partial charge in [-0.1, -0.05) is 52.0 Å². The normalized spacial score (nSPS) is 50.5. The Morgan fingerprint density at radius 2 is 1.77 bits per heavy atom. The van der Waals surface area contributed by atoms with E-state index in [0.717, 1.165) is 49.2 Å². The van der Waals surface area contributed by atoms with E-state index in [2.05, 4.69) is 19.2 Å². The van der Waals surface area contributed by atoms with E-state index in [1.165, 1.54) is 25.7 Å². The van der Waals surface area contributed by atoms with Crippen molar-refractivity contribution in [1.29, 1.82) is 0 Å². The van der Waals surface area contributed by atoms with Gasteiger partial charge < -0.3 is 41.3 Å². The molecule has 2 aliphatic heterocycles.